The van der Waals surface area contributed by atoms with Gasteiger partial charge in [-0.05, 0) is 49.5 Å². The smallest absolute Gasteiger partial charge is 0.251 e. The van der Waals surface area contributed by atoms with E-state index in [0.29, 0.717) is 25.8 Å². The molecule has 1 saturated heterocycles. The lowest BCUT2D eigenvalue weighted by Gasteiger charge is -2.30. The van der Waals surface area contributed by atoms with Crippen molar-refractivity contribution in [2.45, 2.75) is 89.9 Å². The SMILES string of the molecule is CC(C)(C)C[C@H](NC(=O)CCc1ccccc1)C(=O)NC(C[C@@H]1CCNC1=O)C(O)C(=O)NC1CC1. The summed E-state index contributed by atoms with van der Waals surface area (Å²) in [6.45, 7) is 6.45. The standard InChI is InChI=1S/C27H40N4O5/c1-27(2,3)16-21(30-22(32)12-9-17-7-5-4-6-8-17)25(35)31-20(15-18-13-14-28-24(18)34)23(33)26(36)29-19-10-11-19/h4-8,18-21,23,33H,9-16H2,1-3H3,(H,28,34)(H,29,36)(H,30,32)(H,31,35)/t18-,20?,21-,23?/m0/s1. The number of rotatable bonds is 12. The summed E-state index contributed by atoms with van der Waals surface area (Å²) in [5.41, 5.74) is 0.765. The van der Waals surface area contributed by atoms with Gasteiger partial charge in [-0.15, -0.1) is 0 Å². The van der Waals surface area contributed by atoms with Crippen molar-refractivity contribution < 1.29 is 24.3 Å². The van der Waals surface area contributed by atoms with E-state index in [0.717, 1.165) is 18.4 Å². The highest BCUT2D eigenvalue weighted by Gasteiger charge is 2.37. The summed E-state index contributed by atoms with van der Waals surface area (Å²) in [5.74, 6) is -1.83. The normalized spacial score (nSPS) is 20.1. The molecule has 3 rings (SSSR count). The summed E-state index contributed by atoms with van der Waals surface area (Å²) in [6, 6.07) is 7.90. The lowest BCUT2D eigenvalue weighted by molar-refractivity contribution is -0.135. The molecule has 0 spiro atoms. The van der Waals surface area contributed by atoms with Gasteiger partial charge < -0.3 is 26.4 Å². The summed E-state index contributed by atoms with van der Waals surface area (Å²) in [5, 5.41) is 22.0. The maximum absolute atomic E-state index is 13.4. The average molecular weight is 501 g/mol. The second kappa shape index (κ2) is 12.3. The van der Waals surface area contributed by atoms with Crippen LogP contribution in [0.25, 0.3) is 0 Å². The molecule has 1 aromatic carbocycles. The first kappa shape index (κ1) is 27.6. The maximum atomic E-state index is 13.4. The zero-order valence-corrected chi connectivity index (χ0v) is 21.5. The molecule has 36 heavy (non-hydrogen) atoms. The Kier molecular flexibility index (Phi) is 9.48. The van der Waals surface area contributed by atoms with E-state index < -0.39 is 35.9 Å². The second-order valence-corrected chi connectivity index (χ2v) is 11.2. The number of carbonyl (C=O) groups excluding carboxylic acids is 4. The van der Waals surface area contributed by atoms with Crippen LogP contribution in [0.5, 0.6) is 0 Å². The number of carbonyl (C=O) groups is 4. The predicted molar refractivity (Wildman–Crippen MR) is 136 cm³/mol. The van der Waals surface area contributed by atoms with Crippen LogP contribution in [0.15, 0.2) is 30.3 Å². The van der Waals surface area contributed by atoms with Gasteiger partial charge in [-0.25, -0.2) is 0 Å². The van der Waals surface area contributed by atoms with Crippen LogP contribution < -0.4 is 21.3 Å². The van der Waals surface area contributed by atoms with E-state index >= 15 is 0 Å². The van der Waals surface area contributed by atoms with Crippen molar-refractivity contribution in [3.05, 3.63) is 35.9 Å². The van der Waals surface area contributed by atoms with Crippen LogP contribution in [0.2, 0.25) is 0 Å². The molecule has 5 N–H and O–H groups in total. The molecule has 9 nitrogen and oxygen atoms in total. The lowest BCUT2D eigenvalue weighted by Crippen LogP contribution is -2.57. The van der Waals surface area contributed by atoms with Crippen molar-refractivity contribution in [3.63, 3.8) is 0 Å². The zero-order chi connectivity index (χ0) is 26.3. The number of amides is 4. The average Bonchev–Trinajstić information content (AvgIpc) is 3.55. The third-order valence-electron chi connectivity index (χ3n) is 6.55. The van der Waals surface area contributed by atoms with Crippen LogP contribution in [0.3, 0.4) is 0 Å². The highest BCUT2D eigenvalue weighted by molar-refractivity contribution is 5.89. The van der Waals surface area contributed by atoms with Gasteiger partial charge in [0.05, 0.1) is 6.04 Å². The van der Waals surface area contributed by atoms with E-state index in [-0.39, 0.29) is 36.1 Å². The van der Waals surface area contributed by atoms with Gasteiger partial charge in [-0.1, -0.05) is 51.1 Å². The van der Waals surface area contributed by atoms with Crippen molar-refractivity contribution in [1.82, 2.24) is 21.3 Å². The Bertz CT molecular complexity index is 926. The van der Waals surface area contributed by atoms with Crippen LogP contribution in [-0.4, -0.2) is 59.5 Å². The van der Waals surface area contributed by atoms with E-state index in [4.69, 9.17) is 0 Å². The van der Waals surface area contributed by atoms with E-state index in [1.165, 1.54) is 0 Å². The van der Waals surface area contributed by atoms with Crippen molar-refractivity contribution in [3.8, 4) is 0 Å². The van der Waals surface area contributed by atoms with E-state index in [2.05, 4.69) is 21.3 Å². The minimum absolute atomic E-state index is 0.0517. The fourth-order valence-electron chi connectivity index (χ4n) is 4.41. The van der Waals surface area contributed by atoms with Gasteiger partial charge in [0.1, 0.15) is 6.04 Å². The minimum Gasteiger partial charge on any atom is -0.381 e. The molecular weight excluding hydrogens is 460 g/mol. The number of aliphatic hydroxyl groups is 1. The Morgan fingerprint density at radius 1 is 1.06 bits per heavy atom. The van der Waals surface area contributed by atoms with Gasteiger partial charge >= 0.3 is 0 Å². The molecule has 0 radical (unpaired) electrons. The molecule has 198 valence electrons. The van der Waals surface area contributed by atoms with Gasteiger partial charge in [0.2, 0.25) is 17.7 Å². The molecule has 9 heteroatoms. The molecular formula is C27H40N4O5. The molecule has 2 aliphatic rings. The largest absolute Gasteiger partial charge is 0.381 e. The minimum atomic E-state index is -1.49. The third kappa shape index (κ3) is 8.93. The molecule has 2 unspecified atom stereocenters. The number of benzene rings is 1. The number of aliphatic hydroxyl groups excluding tert-OH is 1. The number of aryl methyl sites for hydroxylation is 1. The molecule has 1 aliphatic carbocycles. The van der Waals surface area contributed by atoms with Crippen molar-refractivity contribution in [1.29, 1.82) is 0 Å². The Labute approximate surface area is 213 Å². The van der Waals surface area contributed by atoms with Gasteiger partial charge in [0, 0.05) is 24.9 Å². The molecule has 4 amide bonds. The molecule has 2 fully saturated rings. The Hall–Kier alpha value is -2.94. The molecule has 0 aromatic heterocycles. The van der Waals surface area contributed by atoms with Gasteiger partial charge in [0.25, 0.3) is 5.91 Å². The Morgan fingerprint density at radius 2 is 1.75 bits per heavy atom. The highest BCUT2D eigenvalue weighted by Crippen LogP contribution is 2.23. The van der Waals surface area contributed by atoms with E-state index in [1.807, 2.05) is 51.1 Å². The van der Waals surface area contributed by atoms with E-state index in [1.54, 1.807) is 0 Å². The number of hydrogen-bond donors (Lipinski definition) is 5. The third-order valence-corrected chi connectivity index (χ3v) is 6.55. The summed E-state index contributed by atoms with van der Waals surface area (Å²) < 4.78 is 0. The highest BCUT2D eigenvalue weighted by atomic mass is 16.3. The zero-order valence-electron chi connectivity index (χ0n) is 21.5. The first-order valence-electron chi connectivity index (χ1n) is 12.9. The second-order valence-electron chi connectivity index (χ2n) is 11.2. The van der Waals surface area contributed by atoms with Crippen LogP contribution in [0, 0.1) is 11.3 Å². The van der Waals surface area contributed by atoms with Crippen molar-refractivity contribution in [2.75, 3.05) is 6.54 Å². The fourth-order valence-corrected chi connectivity index (χ4v) is 4.41. The van der Waals surface area contributed by atoms with Crippen LogP contribution in [0.4, 0.5) is 0 Å². The van der Waals surface area contributed by atoms with Crippen LogP contribution in [-0.2, 0) is 25.6 Å². The molecule has 1 aliphatic heterocycles. The quantitative estimate of drug-likeness (QED) is 0.294. The Morgan fingerprint density at radius 3 is 2.33 bits per heavy atom. The van der Waals surface area contributed by atoms with Gasteiger partial charge in [-0.3, -0.25) is 19.2 Å². The summed E-state index contributed by atoms with van der Waals surface area (Å²) in [4.78, 5) is 50.9. The number of hydrogen-bond acceptors (Lipinski definition) is 5. The maximum Gasteiger partial charge on any atom is 0.251 e. The van der Waals surface area contributed by atoms with Crippen LogP contribution >= 0.6 is 0 Å². The first-order chi connectivity index (χ1) is 17.0. The lowest BCUT2D eigenvalue weighted by atomic mass is 9.87. The summed E-state index contributed by atoms with van der Waals surface area (Å²) >= 11 is 0. The predicted octanol–water partition coefficient (Wildman–Crippen LogP) is 1.19. The molecule has 1 heterocycles. The van der Waals surface area contributed by atoms with Gasteiger partial charge in [-0.2, -0.15) is 0 Å². The topological polar surface area (TPSA) is 137 Å². The molecule has 1 saturated carbocycles. The first-order valence-corrected chi connectivity index (χ1v) is 12.9. The van der Waals surface area contributed by atoms with Gasteiger partial charge in [0.15, 0.2) is 6.10 Å². The summed E-state index contributed by atoms with van der Waals surface area (Å²) in [7, 11) is 0. The monoisotopic (exact) mass is 500 g/mol. The molecule has 4 atom stereocenters. The molecule has 1 aromatic rings. The van der Waals surface area contributed by atoms with Crippen LogP contribution in [0.1, 0.15) is 64.9 Å². The van der Waals surface area contributed by atoms with Crippen molar-refractivity contribution in [2.24, 2.45) is 11.3 Å². The van der Waals surface area contributed by atoms with Crippen molar-refractivity contribution >= 4 is 23.6 Å². The molecule has 0 bridgehead atoms. The van der Waals surface area contributed by atoms with E-state index in [9.17, 15) is 24.3 Å². The summed E-state index contributed by atoms with van der Waals surface area (Å²) in [6.07, 6.45) is 2.10. The fraction of sp³-hybridized carbons (Fsp3) is 0.630. The number of nitrogens with one attached hydrogen (secondary N) is 4. The Balaban J connectivity index is 1.67.